The number of amides is 1. The fourth-order valence-electron chi connectivity index (χ4n) is 1.76. The lowest BCUT2D eigenvalue weighted by Crippen LogP contribution is -2.39. The first-order chi connectivity index (χ1) is 7.78. The molecule has 0 saturated carbocycles. The zero-order chi connectivity index (χ0) is 13.1. The Morgan fingerprint density at radius 2 is 2.24 bits per heavy atom. The summed E-state index contributed by atoms with van der Waals surface area (Å²) in [5.74, 6) is 0. The van der Waals surface area contributed by atoms with Gasteiger partial charge in [0.25, 0.3) is 0 Å². The summed E-state index contributed by atoms with van der Waals surface area (Å²) in [7, 11) is 0. The molecule has 1 saturated heterocycles. The van der Waals surface area contributed by atoms with E-state index in [-0.39, 0.29) is 18.2 Å². The van der Waals surface area contributed by atoms with Crippen molar-refractivity contribution in [3.8, 4) is 0 Å². The first kappa shape index (κ1) is 14.3. The molecule has 1 heterocycles. The zero-order valence-electron chi connectivity index (χ0n) is 11.2. The quantitative estimate of drug-likeness (QED) is 0.776. The highest BCUT2D eigenvalue weighted by molar-refractivity contribution is 5.68. The van der Waals surface area contributed by atoms with Crippen LogP contribution in [0.1, 0.15) is 34.1 Å². The second kappa shape index (κ2) is 5.69. The predicted octanol–water partition coefficient (Wildman–Crippen LogP) is 0.966. The van der Waals surface area contributed by atoms with Crippen molar-refractivity contribution >= 4 is 6.09 Å². The molecule has 1 aliphatic heterocycles. The Bertz CT molecular complexity index is 261. The number of aliphatic hydroxyl groups excluding tert-OH is 1. The van der Waals surface area contributed by atoms with Crippen LogP contribution in [0.3, 0.4) is 0 Å². The molecule has 1 unspecified atom stereocenters. The molecule has 0 aromatic rings. The summed E-state index contributed by atoms with van der Waals surface area (Å²) < 4.78 is 5.31. The molecule has 1 amide bonds. The van der Waals surface area contributed by atoms with Crippen molar-refractivity contribution in [2.75, 3.05) is 19.6 Å². The first-order valence-electron chi connectivity index (χ1n) is 6.17. The molecule has 1 fully saturated rings. The Balaban J connectivity index is 2.32. The van der Waals surface area contributed by atoms with Crippen LogP contribution in [0.2, 0.25) is 0 Å². The van der Waals surface area contributed by atoms with Crippen molar-refractivity contribution in [2.24, 2.45) is 0 Å². The number of nitrogens with one attached hydrogen (secondary N) is 1. The van der Waals surface area contributed by atoms with Gasteiger partial charge in [0.2, 0.25) is 0 Å². The maximum absolute atomic E-state index is 11.8. The molecule has 0 spiro atoms. The Hall–Kier alpha value is -0.810. The van der Waals surface area contributed by atoms with Crippen LogP contribution in [-0.4, -0.2) is 53.5 Å². The van der Waals surface area contributed by atoms with Gasteiger partial charge in [0.15, 0.2) is 0 Å². The number of hydrogen-bond acceptors (Lipinski definition) is 4. The molecule has 100 valence electrons. The third-order valence-electron chi connectivity index (χ3n) is 2.54. The first-order valence-corrected chi connectivity index (χ1v) is 6.17. The third kappa shape index (κ3) is 5.37. The van der Waals surface area contributed by atoms with E-state index in [1.54, 1.807) is 11.8 Å². The smallest absolute Gasteiger partial charge is 0.410 e. The number of carbonyl (C=O) groups excluding carboxylic acids is 1. The van der Waals surface area contributed by atoms with Crippen LogP contribution >= 0.6 is 0 Å². The highest BCUT2D eigenvalue weighted by Crippen LogP contribution is 2.15. The van der Waals surface area contributed by atoms with Crippen LogP contribution in [0.15, 0.2) is 0 Å². The highest BCUT2D eigenvalue weighted by Gasteiger charge is 2.29. The van der Waals surface area contributed by atoms with Crippen LogP contribution in [-0.2, 0) is 4.74 Å². The minimum absolute atomic E-state index is 0.251. The van der Waals surface area contributed by atoms with Gasteiger partial charge < -0.3 is 20.1 Å². The monoisotopic (exact) mass is 244 g/mol. The molecule has 17 heavy (non-hydrogen) atoms. The van der Waals surface area contributed by atoms with Gasteiger partial charge in [0, 0.05) is 25.7 Å². The van der Waals surface area contributed by atoms with Crippen LogP contribution < -0.4 is 5.32 Å². The zero-order valence-corrected chi connectivity index (χ0v) is 11.2. The summed E-state index contributed by atoms with van der Waals surface area (Å²) >= 11 is 0. The summed E-state index contributed by atoms with van der Waals surface area (Å²) in [6, 6.07) is 0.261. The summed E-state index contributed by atoms with van der Waals surface area (Å²) in [6.07, 6.45) is 0.302. The van der Waals surface area contributed by atoms with Gasteiger partial charge in [-0.1, -0.05) is 0 Å². The SMILES string of the molecule is C[C@@H](O)CNC1CCN(C(=O)OC(C)(C)C)C1. The Morgan fingerprint density at radius 3 is 2.76 bits per heavy atom. The number of aliphatic hydroxyl groups is 1. The minimum atomic E-state index is -0.442. The maximum atomic E-state index is 11.8. The Labute approximate surface area is 103 Å². The molecule has 5 heteroatoms. The molecule has 5 nitrogen and oxygen atoms in total. The largest absolute Gasteiger partial charge is 0.444 e. The van der Waals surface area contributed by atoms with Crippen LogP contribution in [0.5, 0.6) is 0 Å². The van der Waals surface area contributed by atoms with Crippen molar-refractivity contribution in [2.45, 2.75) is 51.9 Å². The summed E-state index contributed by atoms with van der Waals surface area (Å²) in [6.45, 7) is 9.27. The van der Waals surface area contributed by atoms with Gasteiger partial charge in [-0.15, -0.1) is 0 Å². The average Bonchev–Trinajstić information content (AvgIpc) is 2.60. The number of carbonyl (C=O) groups is 1. The van der Waals surface area contributed by atoms with Crippen molar-refractivity contribution in [1.29, 1.82) is 0 Å². The molecule has 0 bridgehead atoms. The van der Waals surface area contributed by atoms with Crippen LogP contribution in [0.4, 0.5) is 4.79 Å². The molecule has 0 radical (unpaired) electrons. The number of ether oxygens (including phenoxy) is 1. The van der Waals surface area contributed by atoms with E-state index in [2.05, 4.69) is 5.32 Å². The minimum Gasteiger partial charge on any atom is -0.444 e. The van der Waals surface area contributed by atoms with E-state index in [0.29, 0.717) is 19.6 Å². The number of hydrogen-bond donors (Lipinski definition) is 2. The lowest BCUT2D eigenvalue weighted by Gasteiger charge is -2.24. The molecule has 1 aliphatic rings. The normalized spacial score (nSPS) is 22.6. The topological polar surface area (TPSA) is 61.8 Å². The van der Waals surface area contributed by atoms with Crippen LogP contribution in [0, 0.1) is 0 Å². The Kier molecular flexibility index (Phi) is 4.77. The summed E-state index contributed by atoms with van der Waals surface area (Å²) in [5, 5.41) is 12.4. The molecule has 0 aliphatic carbocycles. The predicted molar refractivity (Wildman–Crippen MR) is 65.9 cm³/mol. The molecule has 1 rings (SSSR count). The fraction of sp³-hybridized carbons (Fsp3) is 0.917. The standard InChI is InChI=1S/C12H24N2O3/c1-9(15)7-13-10-5-6-14(8-10)11(16)17-12(2,3)4/h9-10,13,15H,5-8H2,1-4H3/t9-,10?/m1/s1. The number of nitrogens with zero attached hydrogens (tertiary/aromatic N) is 1. The van der Waals surface area contributed by atoms with Gasteiger partial charge in [0.05, 0.1) is 6.10 Å². The van der Waals surface area contributed by atoms with Crippen molar-refractivity contribution < 1.29 is 14.6 Å². The summed E-state index contributed by atoms with van der Waals surface area (Å²) in [5.41, 5.74) is -0.442. The molecular weight excluding hydrogens is 220 g/mol. The van der Waals surface area contributed by atoms with E-state index in [1.807, 2.05) is 20.8 Å². The van der Waals surface area contributed by atoms with Gasteiger partial charge in [0.1, 0.15) is 5.60 Å². The molecule has 0 aromatic heterocycles. The van der Waals surface area contributed by atoms with Crippen molar-refractivity contribution in [1.82, 2.24) is 10.2 Å². The van der Waals surface area contributed by atoms with Crippen LogP contribution in [0.25, 0.3) is 0 Å². The molecular formula is C12H24N2O3. The Morgan fingerprint density at radius 1 is 1.59 bits per heavy atom. The van der Waals surface area contributed by atoms with Gasteiger partial charge in [-0.3, -0.25) is 0 Å². The van der Waals surface area contributed by atoms with E-state index in [9.17, 15) is 9.90 Å². The van der Waals surface area contributed by atoms with E-state index in [1.165, 1.54) is 0 Å². The maximum Gasteiger partial charge on any atom is 0.410 e. The molecule has 2 atom stereocenters. The average molecular weight is 244 g/mol. The fourth-order valence-corrected chi connectivity index (χ4v) is 1.76. The van der Waals surface area contributed by atoms with E-state index in [4.69, 9.17) is 4.74 Å². The summed E-state index contributed by atoms with van der Waals surface area (Å²) in [4.78, 5) is 13.5. The van der Waals surface area contributed by atoms with E-state index < -0.39 is 5.60 Å². The van der Waals surface area contributed by atoms with Gasteiger partial charge in [-0.25, -0.2) is 4.79 Å². The second-order valence-electron chi connectivity index (χ2n) is 5.67. The second-order valence-corrected chi connectivity index (χ2v) is 5.67. The lowest BCUT2D eigenvalue weighted by molar-refractivity contribution is 0.0290. The number of rotatable bonds is 3. The lowest BCUT2D eigenvalue weighted by atomic mass is 10.2. The van der Waals surface area contributed by atoms with Gasteiger partial charge in [-0.2, -0.15) is 0 Å². The molecule has 0 aromatic carbocycles. The van der Waals surface area contributed by atoms with Crippen molar-refractivity contribution in [3.05, 3.63) is 0 Å². The van der Waals surface area contributed by atoms with Gasteiger partial charge in [-0.05, 0) is 34.1 Å². The highest BCUT2D eigenvalue weighted by atomic mass is 16.6. The molecule has 2 N–H and O–H groups in total. The van der Waals surface area contributed by atoms with E-state index >= 15 is 0 Å². The van der Waals surface area contributed by atoms with Crippen molar-refractivity contribution in [3.63, 3.8) is 0 Å². The van der Waals surface area contributed by atoms with Gasteiger partial charge >= 0.3 is 6.09 Å². The third-order valence-corrected chi connectivity index (χ3v) is 2.54. The van der Waals surface area contributed by atoms with E-state index in [0.717, 1.165) is 6.42 Å². The number of likely N-dealkylation sites (tertiary alicyclic amines) is 1.